The van der Waals surface area contributed by atoms with Crippen LogP contribution >= 0.6 is 12.4 Å². The Balaban J connectivity index is 0.00000225. The summed E-state index contributed by atoms with van der Waals surface area (Å²) >= 11 is 0. The van der Waals surface area contributed by atoms with Gasteiger partial charge in [-0.1, -0.05) is 12.1 Å². The van der Waals surface area contributed by atoms with Crippen molar-refractivity contribution in [3.63, 3.8) is 0 Å². The van der Waals surface area contributed by atoms with Crippen LogP contribution in [-0.2, 0) is 11.0 Å². The Labute approximate surface area is 166 Å². The van der Waals surface area contributed by atoms with Crippen LogP contribution in [-0.4, -0.2) is 39.9 Å². The van der Waals surface area contributed by atoms with Gasteiger partial charge >= 0.3 is 6.18 Å². The zero-order valence-corrected chi connectivity index (χ0v) is 16.0. The van der Waals surface area contributed by atoms with Gasteiger partial charge in [-0.25, -0.2) is 9.97 Å². The lowest BCUT2D eigenvalue weighted by Crippen LogP contribution is -2.47. The molecule has 2 saturated heterocycles. The first kappa shape index (κ1) is 20.5. The fraction of sp³-hybridized carbons (Fsp3) is 0.421. The number of nitrogens with zero attached hydrogens (tertiary/aromatic N) is 3. The highest BCUT2D eigenvalue weighted by atomic mass is 35.5. The number of rotatable bonds is 2. The van der Waals surface area contributed by atoms with Crippen molar-refractivity contribution in [1.29, 1.82) is 0 Å². The van der Waals surface area contributed by atoms with E-state index >= 15 is 0 Å². The molecule has 150 valence electrons. The Hall–Kier alpha value is -2.19. The third-order valence-corrected chi connectivity index (χ3v) is 5.43. The van der Waals surface area contributed by atoms with Crippen molar-refractivity contribution >= 4 is 18.3 Å². The molecule has 0 bridgehead atoms. The van der Waals surface area contributed by atoms with E-state index in [-0.39, 0.29) is 24.4 Å². The lowest BCUT2D eigenvalue weighted by atomic mass is 9.96. The van der Waals surface area contributed by atoms with Crippen molar-refractivity contribution in [3.8, 4) is 11.3 Å². The van der Waals surface area contributed by atoms with E-state index in [1.54, 1.807) is 24.2 Å². The number of amides is 1. The van der Waals surface area contributed by atoms with E-state index in [1.807, 2.05) is 0 Å². The summed E-state index contributed by atoms with van der Waals surface area (Å²) in [5.41, 5.74) is -0.0705. The number of hydrogen-bond acceptors (Lipinski definition) is 4. The van der Waals surface area contributed by atoms with Crippen LogP contribution in [0.3, 0.4) is 0 Å². The number of hydrogen-bond donors (Lipinski definition) is 1. The molecule has 0 unspecified atom stereocenters. The minimum Gasteiger partial charge on any atom is -0.344 e. The van der Waals surface area contributed by atoms with Gasteiger partial charge in [0.05, 0.1) is 17.3 Å². The summed E-state index contributed by atoms with van der Waals surface area (Å²) in [6, 6.07) is 6.45. The number of alkyl halides is 3. The van der Waals surface area contributed by atoms with E-state index in [9.17, 15) is 18.0 Å². The molecule has 1 N–H and O–H groups in total. The van der Waals surface area contributed by atoms with E-state index in [1.165, 1.54) is 12.1 Å². The molecule has 1 aromatic carbocycles. The maximum Gasteiger partial charge on any atom is 0.416 e. The van der Waals surface area contributed by atoms with Gasteiger partial charge in [0.15, 0.2) is 0 Å². The molecule has 2 aromatic rings. The average Bonchev–Trinajstić information content (AvgIpc) is 3.21. The zero-order valence-electron chi connectivity index (χ0n) is 15.2. The molecule has 5 nitrogen and oxygen atoms in total. The van der Waals surface area contributed by atoms with Gasteiger partial charge in [0, 0.05) is 25.4 Å². The molecule has 2 aliphatic rings. The molecule has 2 atom stereocenters. The normalized spacial score (nSPS) is 24.6. The first-order chi connectivity index (χ1) is 12.8. The van der Waals surface area contributed by atoms with Crippen LogP contribution < -0.4 is 5.32 Å². The molecule has 2 aliphatic heterocycles. The summed E-state index contributed by atoms with van der Waals surface area (Å²) in [5.74, 6) is 0.663. The quantitative estimate of drug-likeness (QED) is 0.818. The third kappa shape index (κ3) is 3.58. The molecule has 1 aromatic heterocycles. The van der Waals surface area contributed by atoms with Gasteiger partial charge in [-0.05, 0) is 37.5 Å². The van der Waals surface area contributed by atoms with E-state index in [0.717, 1.165) is 37.9 Å². The topological polar surface area (TPSA) is 58.1 Å². The minimum atomic E-state index is -4.36. The van der Waals surface area contributed by atoms with Gasteiger partial charge in [-0.3, -0.25) is 10.1 Å². The summed E-state index contributed by atoms with van der Waals surface area (Å²) < 4.78 is 38.2. The number of benzene rings is 1. The van der Waals surface area contributed by atoms with Crippen molar-refractivity contribution in [2.45, 2.75) is 37.0 Å². The number of likely N-dealkylation sites (tertiary alicyclic amines) is 1. The highest BCUT2D eigenvalue weighted by Gasteiger charge is 2.50. The molecule has 9 heteroatoms. The Morgan fingerprint density at radius 1 is 1.18 bits per heavy atom. The van der Waals surface area contributed by atoms with E-state index in [4.69, 9.17) is 0 Å². The number of carbonyl (C=O) groups excluding carboxylic acids is 1. The smallest absolute Gasteiger partial charge is 0.344 e. The SMILES string of the molecule is CN1CC[C@]2(CC[C@H](c3nccc(-c4ccc(C(F)(F)F)cc4)n3)N2)C1=O.Cl. The maximum absolute atomic E-state index is 12.7. The van der Waals surface area contributed by atoms with Gasteiger partial charge in [-0.15, -0.1) is 12.4 Å². The molecule has 1 spiro atoms. The Kier molecular flexibility index (Phi) is 5.38. The number of aromatic nitrogens is 2. The largest absolute Gasteiger partial charge is 0.416 e. The van der Waals surface area contributed by atoms with Crippen LogP contribution in [0, 0.1) is 0 Å². The van der Waals surface area contributed by atoms with E-state index < -0.39 is 17.3 Å². The third-order valence-electron chi connectivity index (χ3n) is 5.43. The zero-order chi connectivity index (χ0) is 19.2. The van der Waals surface area contributed by atoms with Gasteiger partial charge in [-0.2, -0.15) is 13.2 Å². The van der Waals surface area contributed by atoms with Crippen molar-refractivity contribution in [2.24, 2.45) is 0 Å². The van der Waals surface area contributed by atoms with Gasteiger partial charge in [0.1, 0.15) is 11.4 Å². The maximum atomic E-state index is 12.7. The Morgan fingerprint density at radius 3 is 2.50 bits per heavy atom. The molecule has 28 heavy (non-hydrogen) atoms. The van der Waals surface area contributed by atoms with E-state index in [2.05, 4.69) is 15.3 Å². The second kappa shape index (κ2) is 7.33. The molecule has 1 amide bonds. The predicted molar refractivity (Wildman–Crippen MR) is 99.8 cm³/mol. The molecule has 0 saturated carbocycles. The van der Waals surface area contributed by atoms with Crippen molar-refractivity contribution in [1.82, 2.24) is 20.2 Å². The molecular weight excluding hydrogens is 393 g/mol. The van der Waals surface area contributed by atoms with Gasteiger partial charge in [0.25, 0.3) is 0 Å². The van der Waals surface area contributed by atoms with Crippen LogP contribution in [0.4, 0.5) is 13.2 Å². The minimum absolute atomic E-state index is 0. The molecule has 0 aliphatic carbocycles. The molecule has 4 rings (SSSR count). The first-order valence-corrected chi connectivity index (χ1v) is 8.82. The molecular formula is C19H20ClF3N4O. The van der Waals surface area contributed by atoms with Crippen LogP contribution in [0.5, 0.6) is 0 Å². The van der Waals surface area contributed by atoms with Gasteiger partial charge in [0.2, 0.25) is 5.91 Å². The highest BCUT2D eigenvalue weighted by molar-refractivity contribution is 5.88. The van der Waals surface area contributed by atoms with Crippen molar-refractivity contribution in [2.75, 3.05) is 13.6 Å². The van der Waals surface area contributed by atoms with Crippen molar-refractivity contribution < 1.29 is 18.0 Å². The number of likely N-dealkylation sites (N-methyl/N-ethyl adjacent to an activating group) is 1. The summed E-state index contributed by atoms with van der Waals surface area (Å²) in [6.45, 7) is 0.727. The fourth-order valence-corrected chi connectivity index (χ4v) is 3.89. The lowest BCUT2D eigenvalue weighted by Gasteiger charge is -2.23. The molecule has 0 radical (unpaired) electrons. The average molecular weight is 413 g/mol. The lowest BCUT2D eigenvalue weighted by molar-refractivity contribution is -0.137. The Morgan fingerprint density at radius 2 is 1.89 bits per heavy atom. The van der Waals surface area contributed by atoms with Gasteiger partial charge < -0.3 is 4.90 Å². The monoisotopic (exact) mass is 412 g/mol. The van der Waals surface area contributed by atoms with Crippen LogP contribution in [0.1, 0.15) is 36.7 Å². The fourth-order valence-electron chi connectivity index (χ4n) is 3.89. The van der Waals surface area contributed by atoms with Crippen LogP contribution in [0.25, 0.3) is 11.3 Å². The Bertz CT molecular complexity index is 874. The standard InChI is InChI=1S/C19H19F3N4O.ClH/c1-26-11-9-18(17(26)27)8-6-15(25-18)16-23-10-7-14(24-16)12-2-4-13(5-3-12)19(20,21)22;/h2-5,7,10,15,25H,6,8-9,11H2,1H3;1H/t15-,18-;/m1./s1. The molecule has 3 heterocycles. The molecule has 2 fully saturated rings. The summed E-state index contributed by atoms with van der Waals surface area (Å²) in [4.78, 5) is 23.0. The number of halogens is 4. The highest BCUT2D eigenvalue weighted by Crippen LogP contribution is 2.38. The second-order valence-corrected chi connectivity index (χ2v) is 7.17. The summed E-state index contributed by atoms with van der Waals surface area (Å²) in [5, 5.41) is 3.41. The number of nitrogens with one attached hydrogen (secondary N) is 1. The van der Waals surface area contributed by atoms with E-state index in [0.29, 0.717) is 17.1 Å². The predicted octanol–water partition coefficient (Wildman–Crippen LogP) is 3.61. The summed E-state index contributed by atoms with van der Waals surface area (Å²) in [6.07, 6.45) is -0.523. The second-order valence-electron chi connectivity index (χ2n) is 7.17. The van der Waals surface area contributed by atoms with Crippen LogP contribution in [0.2, 0.25) is 0 Å². The van der Waals surface area contributed by atoms with Crippen LogP contribution in [0.15, 0.2) is 36.5 Å². The summed E-state index contributed by atoms with van der Waals surface area (Å²) in [7, 11) is 1.80. The number of carbonyl (C=O) groups is 1. The first-order valence-electron chi connectivity index (χ1n) is 8.82. The van der Waals surface area contributed by atoms with Crippen molar-refractivity contribution in [3.05, 3.63) is 47.9 Å².